The molecule has 1 N–H and O–H groups in total. The summed E-state index contributed by atoms with van der Waals surface area (Å²) in [5.41, 5.74) is -0.558. The summed E-state index contributed by atoms with van der Waals surface area (Å²) in [6, 6.07) is 1.65. The molecule has 0 bridgehead atoms. The monoisotopic (exact) mass is 267 g/mol. The predicted octanol–water partition coefficient (Wildman–Crippen LogP) is 3.85. The molecular formula is C10H9ClF3NO2. The highest BCUT2D eigenvalue weighted by molar-refractivity contribution is 6.34. The second kappa shape index (κ2) is 4.83. The third-order valence-electron chi connectivity index (χ3n) is 2.03. The number of ether oxygens (including phenoxy) is 1. The first-order valence-corrected chi connectivity index (χ1v) is 4.86. The average molecular weight is 268 g/mol. The Morgan fingerprint density at radius 3 is 2.41 bits per heavy atom. The van der Waals surface area contributed by atoms with Gasteiger partial charge in [0.15, 0.2) is 0 Å². The number of methoxy groups -OCH3 is 1. The molecule has 0 heterocycles. The van der Waals surface area contributed by atoms with Crippen LogP contribution in [0.2, 0.25) is 5.02 Å². The number of hydrogen-bond acceptors (Lipinski definition) is 2. The molecule has 94 valence electrons. The van der Waals surface area contributed by atoms with E-state index in [1.807, 2.05) is 0 Å². The van der Waals surface area contributed by atoms with Gasteiger partial charge < -0.3 is 4.74 Å². The first kappa shape index (κ1) is 13.6. The van der Waals surface area contributed by atoms with Crippen LogP contribution in [0.4, 0.5) is 23.7 Å². The fourth-order valence-corrected chi connectivity index (χ4v) is 1.53. The Bertz CT molecular complexity index is 423. The van der Waals surface area contributed by atoms with E-state index in [0.717, 1.165) is 19.2 Å². The smallest absolute Gasteiger partial charge is 0.416 e. The van der Waals surface area contributed by atoms with Crippen molar-refractivity contribution in [3.05, 3.63) is 28.3 Å². The van der Waals surface area contributed by atoms with Gasteiger partial charge in [-0.25, -0.2) is 4.79 Å². The third kappa shape index (κ3) is 3.26. The summed E-state index contributed by atoms with van der Waals surface area (Å²) < 4.78 is 41.6. The second-order valence-corrected chi connectivity index (χ2v) is 3.67. The van der Waals surface area contributed by atoms with E-state index in [9.17, 15) is 18.0 Å². The number of rotatable bonds is 1. The Labute approximate surface area is 101 Å². The largest absolute Gasteiger partial charge is 0.453 e. The lowest BCUT2D eigenvalue weighted by Gasteiger charge is -2.13. The van der Waals surface area contributed by atoms with Crippen molar-refractivity contribution in [2.45, 2.75) is 13.1 Å². The van der Waals surface area contributed by atoms with Gasteiger partial charge >= 0.3 is 12.3 Å². The summed E-state index contributed by atoms with van der Waals surface area (Å²) in [6.45, 7) is 1.41. The van der Waals surface area contributed by atoms with Crippen LogP contribution in [0.3, 0.4) is 0 Å². The summed E-state index contributed by atoms with van der Waals surface area (Å²) in [6.07, 6.45) is -5.27. The van der Waals surface area contributed by atoms with Gasteiger partial charge in [-0.05, 0) is 24.6 Å². The number of halogens is 4. The summed E-state index contributed by atoms with van der Waals surface area (Å²) in [5, 5.41) is 2.05. The molecule has 0 saturated heterocycles. The van der Waals surface area contributed by atoms with E-state index in [-0.39, 0.29) is 16.3 Å². The van der Waals surface area contributed by atoms with Gasteiger partial charge in [0, 0.05) is 0 Å². The zero-order valence-corrected chi connectivity index (χ0v) is 9.74. The minimum absolute atomic E-state index is 0.103. The standard InChI is InChI=1S/C10H9ClF3NO2/c1-5-3-6(10(12,13)14)4-7(11)8(5)15-9(16)17-2/h3-4H,1-2H3,(H,15,16). The molecule has 1 rings (SSSR count). The first-order chi connectivity index (χ1) is 7.75. The van der Waals surface area contributed by atoms with Gasteiger partial charge in [0.25, 0.3) is 0 Å². The van der Waals surface area contributed by atoms with Crippen LogP contribution in [-0.4, -0.2) is 13.2 Å². The Morgan fingerprint density at radius 1 is 1.41 bits per heavy atom. The summed E-state index contributed by atoms with van der Waals surface area (Å²) in [5.74, 6) is 0. The van der Waals surface area contributed by atoms with Gasteiger partial charge in [0.2, 0.25) is 0 Å². The Kier molecular flexibility index (Phi) is 3.87. The summed E-state index contributed by atoms with van der Waals surface area (Å²) >= 11 is 5.67. The van der Waals surface area contributed by atoms with E-state index in [1.54, 1.807) is 0 Å². The molecular weight excluding hydrogens is 259 g/mol. The fraction of sp³-hybridized carbons (Fsp3) is 0.300. The Balaban J connectivity index is 3.15. The molecule has 0 aliphatic heterocycles. The van der Waals surface area contributed by atoms with E-state index in [2.05, 4.69) is 10.1 Å². The van der Waals surface area contributed by atoms with E-state index >= 15 is 0 Å². The maximum atomic E-state index is 12.4. The fourth-order valence-electron chi connectivity index (χ4n) is 1.22. The third-order valence-corrected chi connectivity index (χ3v) is 2.33. The van der Waals surface area contributed by atoms with Crippen molar-refractivity contribution in [2.75, 3.05) is 12.4 Å². The Hall–Kier alpha value is -1.43. The van der Waals surface area contributed by atoms with Crippen molar-refractivity contribution >= 4 is 23.4 Å². The van der Waals surface area contributed by atoms with Crippen LogP contribution < -0.4 is 5.32 Å². The molecule has 17 heavy (non-hydrogen) atoms. The highest BCUT2D eigenvalue weighted by Crippen LogP contribution is 2.35. The predicted molar refractivity (Wildman–Crippen MR) is 57.2 cm³/mol. The molecule has 0 atom stereocenters. The molecule has 0 aliphatic rings. The van der Waals surface area contributed by atoms with Crippen molar-refractivity contribution < 1.29 is 22.7 Å². The zero-order valence-electron chi connectivity index (χ0n) is 8.98. The number of nitrogens with one attached hydrogen (secondary N) is 1. The molecule has 1 amide bonds. The first-order valence-electron chi connectivity index (χ1n) is 4.48. The molecule has 1 aromatic rings. The van der Waals surface area contributed by atoms with Crippen molar-refractivity contribution in [2.24, 2.45) is 0 Å². The van der Waals surface area contributed by atoms with Gasteiger partial charge in [-0.15, -0.1) is 0 Å². The van der Waals surface area contributed by atoms with Crippen LogP contribution in [0.15, 0.2) is 12.1 Å². The van der Waals surface area contributed by atoms with E-state index < -0.39 is 17.8 Å². The quantitative estimate of drug-likeness (QED) is 0.839. The number of anilines is 1. The highest BCUT2D eigenvalue weighted by atomic mass is 35.5. The second-order valence-electron chi connectivity index (χ2n) is 3.26. The van der Waals surface area contributed by atoms with Crippen LogP contribution in [0.25, 0.3) is 0 Å². The SMILES string of the molecule is COC(=O)Nc1c(C)cc(C(F)(F)F)cc1Cl. The molecule has 0 aromatic heterocycles. The Morgan fingerprint density at radius 2 is 2.00 bits per heavy atom. The topological polar surface area (TPSA) is 38.3 Å². The number of benzene rings is 1. The number of amides is 1. The van der Waals surface area contributed by atoms with Gasteiger partial charge in [-0.2, -0.15) is 13.2 Å². The molecule has 1 aromatic carbocycles. The number of carbonyl (C=O) groups excluding carboxylic acids is 1. The minimum Gasteiger partial charge on any atom is -0.453 e. The van der Waals surface area contributed by atoms with Crippen LogP contribution in [0.5, 0.6) is 0 Å². The average Bonchev–Trinajstić information content (AvgIpc) is 2.21. The van der Waals surface area contributed by atoms with E-state index in [4.69, 9.17) is 11.6 Å². The van der Waals surface area contributed by atoms with Crippen molar-refractivity contribution in [1.29, 1.82) is 0 Å². The molecule has 0 saturated carbocycles. The van der Waals surface area contributed by atoms with E-state index in [1.165, 1.54) is 6.92 Å². The lowest BCUT2D eigenvalue weighted by atomic mass is 10.1. The number of carbonyl (C=O) groups is 1. The number of hydrogen-bond donors (Lipinski definition) is 1. The molecule has 0 radical (unpaired) electrons. The molecule has 0 unspecified atom stereocenters. The van der Waals surface area contributed by atoms with Gasteiger partial charge in [0.1, 0.15) is 0 Å². The normalized spacial score (nSPS) is 11.2. The van der Waals surface area contributed by atoms with Gasteiger partial charge in [0.05, 0.1) is 23.4 Å². The number of aryl methyl sites for hydroxylation is 1. The van der Waals surface area contributed by atoms with Crippen LogP contribution in [0, 0.1) is 6.92 Å². The minimum atomic E-state index is -4.47. The van der Waals surface area contributed by atoms with Gasteiger partial charge in [-0.3, -0.25) is 5.32 Å². The summed E-state index contributed by atoms with van der Waals surface area (Å²) in [4.78, 5) is 11.0. The lowest BCUT2D eigenvalue weighted by molar-refractivity contribution is -0.137. The van der Waals surface area contributed by atoms with Crippen LogP contribution >= 0.6 is 11.6 Å². The highest BCUT2D eigenvalue weighted by Gasteiger charge is 2.31. The molecule has 0 fully saturated rings. The van der Waals surface area contributed by atoms with Crippen LogP contribution in [-0.2, 0) is 10.9 Å². The zero-order chi connectivity index (χ0) is 13.2. The summed E-state index contributed by atoms with van der Waals surface area (Å²) in [7, 11) is 1.14. The van der Waals surface area contributed by atoms with E-state index in [0.29, 0.717) is 0 Å². The molecule has 0 aliphatic carbocycles. The van der Waals surface area contributed by atoms with Crippen molar-refractivity contribution in [1.82, 2.24) is 0 Å². The molecule has 0 spiro atoms. The maximum Gasteiger partial charge on any atom is 0.416 e. The van der Waals surface area contributed by atoms with Crippen molar-refractivity contribution in [3.8, 4) is 0 Å². The van der Waals surface area contributed by atoms with Crippen molar-refractivity contribution in [3.63, 3.8) is 0 Å². The number of alkyl halides is 3. The maximum absolute atomic E-state index is 12.4. The van der Waals surface area contributed by atoms with Gasteiger partial charge in [-0.1, -0.05) is 11.6 Å². The molecule has 7 heteroatoms. The van der Waals surface area contributed by atoms with Crippen LogP contribution in [0.1, 0.15) is 11.1 Å². The molecule has 3 nitrogen and oxygen atoms in total. The lowest BCUT2D eigenvalue weighted by Crippen LogP contribution is -2.13.